The van der Waals surface area contributed by atoms with Gasteiger partial charge < -0.3 is 5.32 Å². The van der Waals surface area contributed by atoms with Crippen molar-refractivity contribution in [3.8, 4) is 0 Å². The SMILES string of the molecule is CC(C)(CNC(=O)c1ccccc1)CNC(c1ccccc1)(c1ccccc1)c1ccccc1. The molecular formula is C31H32N2O. The molecule has 0 aromatic heterocycles. The van der Waals surface area contributed by atoms with Crippen LogP contribution in [-0.4, -0.2) is 19.0 Å². The molecule has 172 valence electrons. The van der Waals surface area contributed by atoms with Crippen molar-refractivity contribution in [3.63, 3.8) is 0 Å². The van der Waals surface area contributed by atoms with Gasteiger partial charge in [-0.15, -0.1) is 0 Å². The molecule has 1 amide bonds. The molecule has 0 atom stereocenters. The molecule has 0 bridgehead atoms. The first kappa shape index (κ1) is 23.5. The Balaban J connectivity index is 1.64. The molecule has 0 fully saturated rings. The largest absolute Gasteiger partial charge is 0.351 e. The van der Waals surface area contributed by atoms with Crippen LogP contribution in [0.3, 0.4) is 0 Å². The first-order chi connectivity index (χ1) is 16.5. The van der Waals surface area contributed by atoms with E-state index in [1.54, 1.807) is 0 Å². The maximum Gasteiger partial charge on any atom is 0.251 e. The lowest BCUT2D eigenvalue weighted by Crippen LogP contribution is -2.50. The van der Waals surface area contributed by atoms with Gasteiger partial charge in [-0.25, -0.2) is 0 Å². The topological polar surface area (TPSA) is 41.1 Å². The van der Waals surface area contributed by atoms with Crippen molar-refractivity contribution in [1.82, 2.24) is 10.6 Å². The standard InChI is InChI=1S/C31H32N2O/c1-30(2,23-32-29(34)25-15-7-3-8-16-25)24-33-31(26-17-9-4-10-18-26,27-19-11-5-12-20-27)28-21-13-6-14-22-28/h3-22,33H,23-24H2,1-2H3,(H,32,34). The van der Waals surface area contributed by atoms with Crippen LogP contribution in [0.15, 0.2) is 121 Å². The molecule has 0 saturated heterocycles. The van der Waals surface area contributed by atoms with Gasteiger partial charge in [0.25, 0.3) is 5.91 Å². The van der Waals surface area contributed by atoms with E-state index in [1.165, 1.54) is 16.7 Å². The Morgan fingerprint density at radius 2 is 0.971 bits per heavy atom. The summed E-state index contributed by atoms with van der Waals surface area (Å²) in [5, 5.41) is 7.05. The van der Waals surface area contributed by atoms with Crippen molar-refractivity contribution in [2.24, 2.45) is 5.41 Å². The second-order valence-electron chi connectivity index (χ2n) is 9.41. The first-order valence-corrected chi connectivity index (χ1v) is 11.8. The zero-order chi connectivity index (χ0) is 23.9. The lowest BCUT2D eigenvalue weighted by atomic mass is 9.76. The first-order valence-electron chi connectivity index (χ1n) is 11.8. The molecule has 3 nitrogen and oxygen atoms in total. The monoisotopic (exact) mass is 448 g/mol. The number of hydrogen-bond acceptors (Lipinski definition) is 2. The van der Waals surface area contributed by atoms with Crippen LogP contribution in [0.5, 0.6) is 0 Å². The van der Waals surface area contributed by atoms with Gasteiger partial charge in [0.1, 0.15) is 0 Å². The van der Waals surface area contributed by atoms with Crippen molar-refractivity contribution in [2.75, 3.05) is 13.1 Å². The molecule has 0 heterocycles. The zero-order valence-electron chi connectivity index (χ0n) is 19.9. The van der Waals surface area contributed by atoms with E-state index in [1.807, 2.05) is 48.5 Å². The van der Waals surface area contributed by atoms with Crippen LogP contribution in [0.2, 0.25) is 0 Å². The quantitative estimate of drug-likeness (QED) is 0.307. The summed E-state index contributed by atoms with van der Waals surface area (Å²) >= 11 is 0. The summed E-state index contributed by atoms with van der Waals surface area (Å²) in [5.74, 6) is -0.0471. The molecule has 0 radical (unpaired) electrons. The normalized spacial score (nSPS) is 11.7. The third kappa shape index (κ3) is 5.27. The van der Waals surface area contributed by atoms with Crippen LogP contribution in [0.4, 0.5) is 0 Å². The van der Waals surface area contributed by atoms with E-state index in [4.69, 9.17) is 0 Å². The second-order valence-corrected chi connectivity index (χ2v) is 9.41. The van der Waals surface area contributed by atoms with Gasteiger partial charge >= 0.3 is 0 Å². The molecule has 0 aliphatic heterocycles. The second kappa shape index (κ2) is 10.5. The molecule has 4 aromatic carbocycles. The molecule has 4 rings (SSSR count). The molecular weight excluding hydrogens is 416 g/mol. The molecule has 3 heteroatoms. The highest BCUT2D eigenvalue weighted by molar-refractivity contribution is 5.94. The van der Waals surface area contributed by atoms with Crippen LogP contribution >= 0.6 is 0 Å². The van der Waals surface area contributed by atoms with Crippen LogP contribution in [-0.2, 0) is 5.54 Å². The van der Waals surface area contributed by atoms with E-state index in [-0.39, 0.29) is 11.3 Å². The van der Waals surface area contributed by atoms with Gasteiger partial charge in [0.2, 0.25) is 0 Å². The minimum Gasteiger partial charge on any atom is -0.351 e. The van der Waals surface area contributed by atoms with Crippen LogP contribution in [0.25, 0.3) is 0 Å². The predicted octanol–water partition coefficient (Wildman–Crippen LogP) is 6.02. The lowest BCUT2D eigenvalue weighted by Gasteiger charge is -2.40. The Morgan fingerprint density at radius 1 is 0.588 bits per heavy atom. The number of hydrogen-bond donors (Lipinski definition) is 2. The maximum absolute atomic E-state index is 12.6. The van der Waals surface area contributed by atoms with Crippen LogP contribution in [0.1, 0.15) is 40.9 Å². The minimum absolute atomic E-state index is 0.0471. The van der Waals surface area contributed by atoms with E-state index in [0.717, 1.165) is 0 Å². The summed E-state index contributed by atoms with van der Waals surface area (Å²) < 4.78 is 0. The Labute approximate surface area is 202 Å². The highest BCUT2D eigenvalue weighted by Gasteiger charge is 2.37. The third-order valence-corrected chi connectivity index (χ3v) is 6.22. The smallest absolute Gasteiger partial charge is 0.251 e. The summed E-state index contributed by atoms with van der Waals surface area (Å²) in [5.41, 5.74) is 3.50. The number of carbonyl (C=O) groups is 1. The number of nitrogens with one attached hydrogen (secondary N) is 2. The molecule has 34 heavy (non-hydrogen) atoms. The summed E-state index contributed by atoms with van der Waals surface area (Å²) in [6.07, 6.45) is 0. The van der Waals surface area contributed by atoms with Gasteiger partial charge in [-0.05, 0) is 34.2 Å². The Hall–Kier alpha value is -3.69. The summed E-state index contributed by atoms with van der Waals surface area (Å²) in [4.78, 5) is 12.6. The van der Waals surface area contributed by atoms with Crippen molar-refractivity contribution in [2.45, 2.75) is 19.4 Å². The highest BCUT2D eigenvalue weighted by Crippen LogP contribution is 2.37. The summed E-state index contributed by atoms with van der Waals surface area (Å²) in [7, 11) is 0. The molecule has 0 spiro atoms. The highest BCUT2D eigenvalue weighted by atomic mass is 16.1. The van der Waals surface area contributed by atoms with E-state index < -0.39 is 5.54 Å². The molecule has 4 aromatic rings. The summed E-state index contributed by atoms with van der Waals surface area (Å²) in [6, 6.07) is 41.1. The Bertz CT molecular complexity index is 1080. The number of rotatable bonds is 9. The minimum atomic E-state index is -0.523. The van der Waals surface area contributed by atoms with Gasteiger partial charge in [-0.1, -0.05) is 123 Å². The number of amides is 1. The molecule has 0 saturated carbocycles. The van der Waals surface area contributed by atoms with Crippen molar-refractivity contribution < 1.29 is 4.79 Å². The molecule has 0 aliphatic carbocycles. The van der Waals surface area contributed by atoms with E-state index in [0.29, 0.717) is 18.7 Å². The van der Waals surface area contributed by atoms with Crippen molar-refractivity contribution >= 4 is 5.91 Å². The van der Waals surface area contributed by atoms with Gasteiger partial charge in [0.05, 0.1) is 5.54 Å². The maximum atomic E-state index is 12.6. The van der Waals surface area contributed by atoms with E-state index in [9.17, 15) is 4.79 Å². The van der Waals surface area contributed by atoms with Crippen LogP contribution < -0.4 is 10.6 Å². The lowest BCUT2D eigenvalue weighted by molar-refractivity contribution is 0.0935. The summed E-state index contributed by atoms with van der Waals surface area (Å²) in [6.45, 7) is 5.61. The van der Waals surface area contributed by atoms with E-state index >= 15 is 0 Å². The van der Waals surface area contributed by atoms with Crippen LogP contribution in [0, 0.1) is 5.41 Å². The molecule has 0 unspecified atom stereocenters. The Kier molecular flexibility index (Phi) is 7.24. The van der Waals surface area contributed by atoms with E-state index in [2.05, 4.69) is 97.3 Å². The fourth-order valence-electron chi connectivity index (χ4n) is 4.32. The van der Waals surface area contributed by atoms with Gasteiger partial charge in [-0.2, -0.15) is 0 Å². The average molecular weight is 449 g/mol. The number of carbonyl (C=O) groups excluding carboxylic acids is 1. The fraction of sp³-hybridized carbons (Fsp3) is 0.194. The third-order valence-electron chi connectivity index (χ3n) is 6.22. The zero-order valence-corrected chi connectivity index (χ0v) is 19.9. The van der Waals surface area contributed by atoms with Crippen molar-refractivity contribution in [3.05, 3.63) is 144 Å². The number of benzene rings is 4. The molecule has 0 aliphatic rings. The van der Waals surface area contributed by atoms with Gasteiger partial charge in [0, 0.05) is 18.7 Å². The van der Waals surface area contributed by atoms with Crippen molar-refractivity contribution in [1.29, 1.82) is 0 Å². The fourth-order valence-corrected chi connectivity index (χ4v) is 4.32. The predicted molar refractivity (Wildman–Crippen MR) is 140 cm³/mol. The average Bonchev–Trinajstić information content (AvgIpc) is 2.90. The molecule has 2 N–H and O–H groups in total. The van der Waals surface area contributed by atoms with Gasteiger partial charge in [-0.3, -0.25) is 10.1 Å². The van der Waals surface area contributed by atoms with Gasteiger partial charge in [0.15, 0.2) is 0 Å². The Morgan fingerprint density at radius 3 is 1.38 bits per heavy atom.